The molecule has 1 aromatic heterocycles. The number of aryl methyl sites for hydroxylation is 2. The smallest absolute Gasteiger partial charge is 0.0661 e. The van der Waals surface area contributed by atoms with Crippen LogP contribution in [0.1, 0.15) is 92.6 Å². The molecular weight excluding hydrogens is 256 g/mol. The monoisotopic (exact) mass is 296 g/mol. The maximum absolute atomic E-state index is 4.78. The van der Waals surface area contributed by atoms with Gasteiger partial charge >= 0.3 is 0 Å². The Morgan fingerprint density at radius 3 is 1.81 bits per heavy atom. The lowest BCUT2D eigenvalue weighted by Crippen LogP contribution is -2.15. The molecule has 2 nitrogen and oxygen atoms in total. The Bertz CT molecular complexity index is 368. The zero-order valence-electron chi connectivity index (χ0n) is 16.6. The fourth-order valence-electron chi connectivity index (χ4n) is 2.43. The van der Waals surface area contributed by atoms with Crippen molar-refractivity contribution >= 4 is 0 Å². The Morgan fingerprint density at radius 2 is 1.52 bits per heavy atom. The summed E-state index contributed by atoms with van der Waals surface area (Å²) in [7, 11) is 0. The molecule has 0 aliphatic rings. The Morgan fingerprint density at radius 1 is 1.05 bits per heavy atom. The van der Waals surface area contributed by atoms with E-state index in [0.29, 0.717) is 0 Å². The zero-order valence-corrected chi connectivity index (χ0v) is 16.6. The van der Waals surface area contributed by atoms with Gasteiger partial charge in [-0.2, -0.15) is 5.10 Å². The first-order valence-corrected chi connectivity index (χ1v) is 8.84. The Labute approximate surface area is 134 Å². The second kappa shape index (κ2) is 10.9. The molecule has 1 heterocycles. The number of rotatable bonds is 4. The van der Waals surface area contributed by atoms with Crippen molar-refractivity contribution in [3.8, 4) is 0 Å². The average molecular weight is 297 g/mol. The van der Waals surface area contributed by atoms with Crippen molar-refractivity contribution in [2.75, 3.05) is 0 Å². The lowest BCUT2D eigenvalue weighted by atomic mass is 9.85. The van der Waals surface area contributed by atoms with E-state index in [9.17, 15) is 0 Å². The quantitative estimate of drug-likeness (QED) is 0.651. The first-order valence-electron chi connectivity index (χ1n) is 8.84. The van der Waals surface area contributed by atoms with Crippen LogP contribution in [0.5, 0.6) is 0 Å². The summed E-state index contributed by atoms with van der Waals surface area (Å²) in [6.45, 7) is 24.8. The molecule has 2 heteroatoms. The molecule has 0 saturated heterocycles. The number of hydrogen-bond acceptors (Lipinski definition) is 1. The molecular formula is C19H40N2. The highest BCUT2D eigenvalue weighted by atomic mass is 15.3. The van der Waals surface area contributed by atoms with Crippen molar-refractivity contribution < 1.29 is 0 Å². The maximum Gasteiger partial charge on any atom is 0.0661 e. The Balaban J connectivity index is 0. The lowest BCUT2D eigenvalue weighted by molar-refractivity contribution is 0.476. The topological polar surface area (TPSA) is 17.8 Å². The second-order valence-electron chi connectivity index (χ2n) is 6.42. The molecule has 0 unspecified atom stereocenters. The summed E-state index contributed by atoms with van der Waals surface area (Å²) in [5.41, 5.74) is 4.28. The van der Waals surface area contributed by atoms with E-state index in [0.717, 1.165) is 18.9 Å². The van der Waals surface area contributed by atoms with Crippen LogP contribution in [0.25, 0.3) is 0 Å². The summed E-state index contributed by atoms with van der Waals surface area (Å²) in [6, 6.07) is 0. The van der Waals surface area contributed by atoms with Gasteiger partial charge in [0.15, 0.2) is 0 Å². The van der Waals surface area contributed by atoms with Crippen LogP contribution >= 0.6 is 0 Å². The van der Waals surface area contributed by atoms with Gasteiger partial charge in [-0.1, -0.05) is 69.2 Å². The van der Waals surface area contributed by atoms with Gasteiger partial charge in [-0.25, -0.2) is 0 Å². The predicted octanol–water partition coefficient (Wildman–Crippen LogP) is 6.15. The zero-order chi connectivity index (χ0) is 17.2. The van der Waals surface area contributed by atoms with E-state index in [-0.39, 0.29) is 5.41 Å². The van der Waals surface area contributed by atoms with E-state index in [2.05, 4.69) is 53.1 Å². The van der Waals surface area contributed by atoms with E-state index in [4.69, 9.17) is 5.10 Å². The number of aromatic nitrogens is 2. The second-order valence-corrected chi connectivity index (χ2v) is 6.42. The third-order valence-corrected chi connectivity index (χ3v) is 3.28. The van der Waals surface area contributed by atoms with Crippen LogP contribution in [0.15, 0.2) is 0 Å². The molecule has 0 saturated carbocycles. The number of nitrogens with zero attached hydrogens (tertiary/aromatic N) is 2. The maximum atomic E-state index is 4.78. The SMILES string of the molecule is CC.CC.CCc1nn(CCC(C)C)c(C)c1C(C)(C)C. The standard InChI is InChI=1S/C15H28N2.2C2H6/c1-8-13-14(15(5,6)7)12(4)17(16-13)10-9-11(2)3;2*1-2/h11H,8-10H2,1-7H3;2*1-2H3. The molecule has 0 amide bonds. The lowest BCUT2D eigenvalue weighted by Gasteiger charge is -2.20. The van der Waals surface area contributed by atoms with Crippen molar-refractivity contribution in [2.24, 2.45) is 5.92 Å². The predicted molar refractivity (Wildman–Crippen MR) is 97.2 cm³/mol. The highest BCUT2D eigenvalue weighted by molar-refractivity contribution is 5.32. The van der Waals surface area contributed by atoms with Crippen LogP contribution in [0.3, 0.4) is 0 Å². The summed E-state index contributed by atoms with van der Waals surface area (Å²) in [5.74, 6) is 0.738. The van der Waals surface area contributed by atoms with E-state index >= 15 is 0 Å². The van der Waals surface area contributed by atoms with Crippen molar-refractivity contribution in [3.05, 3.63) is 17.0 Å². The third-order valence-electron chi connectivity index (χ3n) is 3.28. The van der Waals surface area contributed by atoms with Gasteiger partial charge in [0.05, 0.1) is 5.69 Å². The third kappa shape index (κ3) is 7.15. The largest absolute Gasteiger partial charge is 0.269 e. The molecule has 0 atom stereocenters. The summed E-state index contributed by atoms with van der Waals surface area (Å²) < 4.78 is 2.21. The van der Waals surface area contributed by atoms with Crippen molar-refractivity contribution in [1.82, 2.24) is 9.78 Å². The van der Waals surface area contributed by atoms with E-state index < -0.39 is 0 Å². The highest BCUT2D eigenvalue weighted by Gasteiger charge is 2.24. The summed E-state index contributed by atoms with van der Waals surface area (Å²) in [6.07, 6.45) is 2.23. The normalized spacial score (nSPS) is 10.7. The van der Waals surface area contributed by atoms with Gasteiger partial charge in [-0.15, -0.1) is 0 Å². The van der Waals surface area contributed by atoms with Gasteiger partial charge in [0.2, 0.25) is 0 Å². The fraction of sp³-hybridized carbons (Fsp3) is 0.842. The number of hydrogen-bond donors (Lipinski definition) is 0. The summed E-state index contributed by atoms with van der Waals surface area (Å²) in [5, 5.41) is 4.78. The van der Waals surface area contributed by atoms with Crippen LogP contribution in [0.4, 0.5) is 0 Å². The van der Waals surface area contributed by atoms with Crippen LogP contribution in [0, 0.1) is 12.8 Å². The summed E-state index contributed by atoms with van der Waals surface area (Å²) in [4.78, 5) is 0. The van der Waals surface area contributed by atoms with E-state index in [1.54, 1.807) is 0 Å². The minimum atomic E-state index is 0.200. The van der Waals surface area contributed by atoms with Crippen LogP contribution < -0.4 is 0 Å². The molecule has 126 valence electrons. The van der Waals surface area contributed by atoms with Crippen LogP contribution in [0.2, 0.25) is 0 Å². The fourth-order valence-corrected chi connectivity index (χ4v) is 2.43. The molecule has 0 aromatic carbocycles. The summed E-state index contributed by atoms with van der Waals surface area (Å²) >= 11 is 0. The molecule has 0 bridgehead atoms. The Kier molecular flexibility index (Phi) is 11.6. The molecule has 0 aliphatic carbocycles. The molecule has 1 rings (SSSR count). The van der Waals surface area contributed by atoms with E-state index in [1.165, 1.54) is 23.4 Å². The van der Waals surface area contributed by atoms with Gasteiger partial charge in [0.1, 0.15) is 0 Å². The van der Waals surface area contributed by atoms with Gasteiger partial charge in [0.25, 0.3) is 0 Å². The molecule has 0 N–H and O–H groups in total. The van der Waals surface area contributed by atoms with E-state index in [1.807, 2.05) is 27.7 Å². The average Bonchev–Trinajstić information content (AvgIpc) is 2.77. The van der Waals surface area contributed by atoms with Gasteiger partial charge < -0.3 is 0 Å². The first kappa shape index (κ1) is 22.5. The minimum absolute atomic E-state index is 0.200. The van der Waals surface area contributed by atoms with Crippen molar-refractivity contribution in [2.45, 2.75) is 101 Å². The van der Waals surface area contributed by atoms with Crippen LogP contribution in [-0.4, -0.2) is 9.78 Å². The van der Waals surface area contributed by atoms with Crippen LogP contribution in [-0.2, 0) is 18.4 Å². The van der Waals surface area contributed by atoms with Gasteiger partial charge in [-0.3, -0.25) is 4.68 Å². The first-order chi connectivity index (χ1) is 9.77. The van der Waals surface area contributed by atoms with Crippen molar-refractivity contribution in [1.29, 1.82) is 0 Å². The van der Waals surface area contributed by atoms with Gasteiger partial charge in [0, 0.05) is 17.8 Å². The molecule has 21 heavy (non-hydrogen) atoms. The van der Waals surface area contributed by atoms with Crippen molar-refractivity contribution in [3.63, 3.8) is 0 Å². The molecule has 0 aliphatic heterocycles. The molecule has 1 aromatic rings. The molecule has 0 fully saturated rings. The molecule has 0 spiro atoms. The highest BCUT2D eigenvalue weighted by Crippen LogP contribution is 2.29. The minimum Gasteiger partial charge on any atom is -0.269 e. The van der Waals surface area contributed by atoms with Gasteiger partial charge in [-0.05, 0) is 31.1 Å². The Hall–Kier alpha value is -0.790. The molecule has 0 radical (unpaired) electrons.